The topological polar surface area (TPSA) is 70.1 Å². The van der Waals surface area contributed by atoms with Crippen LogP contribution in [0.2, 0.25) is 0 Å². The number of hydrogen-bond donors (Lipinski definition) is 1. The number of rotatable bonds is 3. The third-order valence-electron chi connectivity index (χ3n) is 4.40. The molecule has 2 rings (SSSR count). The number of aliphatic carboxylic acids is 1. The van der Waals surface area contributed by atoms with Crippen molar-refractivity contribution in [1.82, 2.24) is 9.80 Å². The van der Waals surface area contributed by atoms with Gasteiger partial charge in [0.2, 0.25) is 0 Å². The van der Waals surface area contributed by atoms with E-state index in [-0.39, 0.29) is 11.9 Å². The molecule has 0 spiro atoms. The largest absolute Gasteiger partial charge is 0.481 e. The summed E-state index contributed by atoms with van der Waals surface area (Å²) in [5.74, 6) is -0.467. The van der Waals surface area contributed by atoms with Crippen molar-refractivity contribution in [1.29, 1.82) is 0 Å². The van der Waals surface area contributed by atoms with Crippen molar-refractivity contribution in [3.8, 4) is 0 Å². The molecule has 0 radical (unpaired) electrons. The average Bonchev–Trinajstić information content (AvgIpc) is 2.48. The molecule has 1 N–H and O–H groups in total. The lowest BCUT2D eigenvalue weighted by Crippen LogP contribution is -2.50. The molecule has 2 aliphatic heterocycles. The number of methoxy groups -OCH3 is 1. The number of carboxylic acids is 1. The van der Waals surface area contributed by atoms with Gasteiger partial charge >= 0.3 is 12.0 Å². The Hall–Kier alpha value is -1.30. The van der Waals surface area contributed by atoms with Gasteiger partial charge in [0.05, 0.1) is 5.92 Å². The summed E-state index contributed by atoms with van der Waals surface area (Å²) >= 11 is 0. The molecule has 2 heterocycles. The molecular formula is C14H24N2O4. The highest BCUT2D eigenvalue weighted by Gasteiger charge is 2.31. The molecule has 2 saturated heterocycles. The van der Waals surface area contributed by atoms with E-state index in [0.29, 0.717) is 31.8 Å². The summed E-state index contributed by atoms with van der Waals surface area (Å²) in [5.41, 5.74) is 0. The van der Waals surface area contributed by atoms with Crippen molar-refractivity contribution in [2.75, 3.05) is 39.9 Å². The van der Waals surface area contributed by atoms with Gasteiger partial charge in [0.15, 0.2) is 0 Å². The van der Waals surface area contributed by atoms with E-state index in [1.807, 2.05) is 4.90 Å². The summed E-state index contributed by atoms with van der Waals surface area (Å²) in [7, 11) is 1.71. The lowest BCUT2D eigenvalue weighted by molar-refractivity contribution is -0.143. The Balaban J connectivity index is 1.77. The third-order valence-corrected chi connectivity index (χ3v) is 4.40. The second-order valence-corrected chi connectivity index (χ2v) is 5.77. The molecule has 0 aromatic carbocycles. The van der Waals surface area contributed by atoms with Crippen molar-refractivity contribution >= 4 is 12.0 Å². The van der Waals surface area contributed by atoms with Gasteiger partial charge in [-0.05, 0) is 31.6 Å². The Morgan fingerprint density at radius 1 is 1.05 bits per heavy atom. The Bertz CT molecular complexity index is 345. The highest BCUT2D eigenvalue weighted by Crippen LogP contribution is 2.22. The fourth-order valence-corrected chi connectivity index (χ4v) is 3.04. The monoisotopic (exact) mass is 284 g/mol. The molecule has 6 heteroatoms. The average molecular weight is 284 g/mol. The molecule has 0 unspecified atom stereocenters. The van der Waals surface area contributed by atoms with Crippen LogP contribution in [0.4, 0.5) is 4.79 Å². The van der Waals surface area contributed by atoms with Crippen LogP contribution >= 0.6 is 0 Å². The van der Waals surface area contributed by atoms with Crippen LogP contribution in [0.15, 0.2) is 0 Å². The summed E-state index contributed by atoms with van der Waals surface area (Å²) in [5, 5.41) is 8.97. The third kappa shape index (κ3) is 3.62. The zero-order valence-corrected chi connectivity index (χ0v) is 12.1. The van der Waals surface area contributed by atoms with Gasteiger partial charge in [0, 0.05) is 39.9 Å². The summed E-state index contributed by atoms with van der Waals surface area (Å²) in [6, 6.07) is 0.0738. The molecule has 2 aliphatic rings. The summed E-state index contributed by atoms with van der Waals surface area (Å²) in [6.45, 7) is 3.46. The fraction of sp³-hybridized carbons (Fsp3) is 0.857. The van der Waals surface area contributed by atoms with E-state index in [4.69, 9.17) is 9.84 Å². The van der Waals surface area contributed by atoms with Gasteiger partial charge < -0.3 is 19.6 Å². The maximum absolute atomic E-state index is 12.4. The van der Waals surface area contributed by atoms with Crippen molar-refractivity contribution in [2.24, 2.45) is 11.8 Å². The first kappa shape index (κ1) is 15.1. The van der Waals surface area contributed by atoms with Crippen LogP contribution in [0.3, 0.4) is 0 Å². The lowest BCUT2D eigenvalue weighted by atomic mass is 9.96. The van der Waals surface area contributed by atoms with Crippen molar-refractivity contribution in [2.45, 2.75) is 25.7 Å². The zero-order chi connectivity index (χ0) is 14.5. The molecule has 0 atom stereocenters. The molecular weight excluding hydrogens is 260 g/mol. The molecule has 6 nitrogen and oxygen atoms in total. The maximum atomic E-state index is 12.4. The van der Waals surface area contributed by atoms with Gasteiger partial charge in [-0.15, -0.1) is 0 Å². The van der Waals surface area contributed by atoms with Crippen LogP contribution in [0.25, 0.3) is 0 Å². The smallest absolute Gasteiger partial charge is 0.319 e. The van der Waals surface area contributed by atoms with Crippen molar-refractivity contribution < 1.29 is 19.4 Å². The Morgan fingerprint density at radius 2 is 1.55 bits per heavy atom. The van der Waals surface area contributed by atoms with Crippen LogP contribution in [0, 0.1) is 11.8 Å². The van der Waals surface area contributed by atoms with Gasteiger partial charge in [-0.1, -0.05) is 0 Å². The number of nitrogens with zero attached hydrogens (tertiary/aromatic N) is 2. The molecule has 20 heavy (non-hydrogen) atoms. The number of carbonyl (C=O) groups excluding carboxylic acids is 1. The highest BCUT2D eigenvalue weighted by molar-refractivity contribution is 5.75. The van der Waals surface area contributed by atoms with E-state index in [9.17, 15) is 9.59 Å². The second kappa shape index (κ2) is 6.92. The minimum Gasteiger partial charge on any atom is -0.481 e. The number of piperidine rings is 2. The molecule has 2 fully saturated rings. The number of amides is 2. The standard InChI is InChI=1S/C14H24N2O4/c1-20-10-11-2-6-15(7-3-11)14(19)16-8-4-12(5-9-16)13(17)18/h11-12H,2-10H2,1H3,(H,17,18). The fourth-order valence-electron chi connectivity index (χ4n) is 3.04. The normalized spacial score (nSPS) is 22.1. The summed E-state index contributed by atoms with van der Waals surface area (Å²) < 4.78 is 5.16. The van der Waals surface area contributed by atoms with Gasteiger partial charge in [-0.2, -0.15) is 0 Å². The first-order valence-electron chi connectivity index (χ1n) is 7.37. The number of carboxylic acid groups (broad SMARTS) is 1. The summed E-state index contributed by atoms with van der Waals surface area (Å²) in [6.07, 6.45) is 3.12. The van der Waals surface area contributed by atoms with Crippen LogP contribution in [-0.2, 0) is 9.53 Å². The number of carbonyl (C=O) groups is 2. The molecule has 0 saturated carbocycles. The van der Waals surface area contributed by atoms with E-state index >= 15 is 0 Å². The molecule has 2 amide bonds. The Labute approximate surface area is 119 Å². The molecule has 0 aromatic heterocycles. The minimum absolute atomic E-state index is 0.0738. The zero-order valence-electron chi connectivity index (χ0n) is 12.1. The van der Waals surface area contributed by atoms with E-state index in [1.54, 1.807) is 12.0 Å². The van der Waals surface area contributed by atoms with Crippen LogP contribution < -0.4 is 0 Å². The predicted octanol–water partition coefficient (Wildman–Crippen LogP) is 1.26. The molecule has 0 aromatic rings. The van der Waals surface area contributed by atoms with Crippen LogP contribution in [-0.4, -0.2) is 66.8 Å². The predicted molar refractivity (Wildman–Crippen MR) is 73.5 cm³/mol. The van der Waals surface area contributed by atoms with E-state index in [1.165, 1.54) is 0 Å². The lowest BCUT2D eigenvalue weighted by Gasteiger charge is -2.38. The highest BCUT2D eigenvalue weighted by atomic mass is 16.5. The number of likely N-dealkylation sites (tertiary alicyclic amines) is 2. The van der Waals surface area contributed by atoms with Gasteiger partial charge in [-0.25, -0.2) is 4.79 Å². The van der Waals surface area contributed by atoms with E-state index in [2.05, 4.69) is 0 Å². The first-order valence-corrected chi connectivity index (χ1v) is 7.37. The SMILES string of the molecule is COCC1CCN(C(=O)N2CCC(C(=O)O)CC2)CC1. The van der Waals surface area contributed by atoms with Gasteiger partial charge in [0.1, 0.15) is 0 Å². The Morgan fingerprint density at radius 3 is 2.00 bits per heavy atom. The summed E-state index contributed by atoms with van der Waals surface area (Å²) in [4.78, 5) is 27.0. The van der Waals surface area contributed by atoms with E-state index in [0.717, 1.165) is 32.5 Å². The number of ether oxygens (including phenoxy) is 1. The minimum atomic E-state index is -0.738. The second-order valence-electron chi connectivity index (χ2n) is 5.77. The van der Waals surface area contributed by atoms with Gasteiger partial charge in [0.25, 0.3) is 0 Å². The molecule has 114 valence electrons. The molecule has 0 aliphatic carbocycles. The quantitative estimate of drug-likeness (QED) is 0.847. The van der Waals surface area contributed by atoms with Gasteiger partial charge in [-0.3, -0.25) is 4.79 Å². The van der Waals surface area contributed by atoms with Crippen LogP contribution in [0.5, 0.6) is 0 Å². The van der Waals surface area contributed by atoms with Crippen LogP contribution in [0.1, 0.15) is 25.7 Å². The molecule has 0 bridgehead atoms. The Kier molecular flexibility index (Phi) is 5.23. The number of hydrogen-bond acceptors (Lipinski definition) is 3. The maximum Gasteiger partial charge on any atom is 0.319 e. The van der Waals surface area contributed by atoms with Crippen molar-refractivity contribution in [3.05, 3.63) is 0 Å². The number of urea groups is 1. The van der Waals surface area contributed by atoms with E-state index < -0.39 is 5.97 Å². The first-order chi connectivity index (χ1) is 9.61. The van der Waals surface area contributed by atoms with Crippen molar-refractivity contribution in [3.63, 3.8) is 0 Å².